The van der Waals surface area contributed by atoms with Gasteiger partial charge in [0.2, 0.25) is 0 Å². The Bertz CT molecular complexity index is 671. The lowest BCUT2D eigenvalue weighted by Gasteiger charge is -2.28. The zero-order valence-corrected chi connectivity index (χ0v) is 13.7. The van der Waals surface area contributed by atoms with E-state index in [2.05, 4.69) is 10.6 Å². The molecule has 130 valence electrons. The third-order valence-electron chi connectivity index (χ3n) is 3.55. The molecule has 1 atom stereocenters. The summed E-state index contributed by atoms with van der Waals surface area (Å²) in [7, 11) is 2.92. The van der Waals surface area contributed by atoms with Crippen LogP contribution in [-0.4, -0.2) is 44.5 Å². The lowest BCUT2D eigenvalue weighted by Crippen LogP contribution is -2.45. The molecule has 0 aliphatic carbocycles. The summed E-state index contributed by atoms with van der Waals surface area (Å²) in [4.78, 5) is 24.2. The van der Waals surface area contributed by atoms with E-state index in [9.17, 15) is 14.7 Å². The minimum Gasteiger partial charge on any atom is -0.504 e. The third-order valence-corrected chi connectivity index (χ3v) is 3.55. The molecular weight excluding hydrogens is 316 g/mol. The maximum absolute atomic E-state index is 12.4. The van der Waals surface area contributed by atoms with Gasteiger partial charge in [-0.05, 0) is 24.6 Å². The van der Waals surface area contributed by atoms with Crippen molar-refractivity contribution in [2.24, 2.45) is 0 Å². The van der Waals surface area contributed by atoms with Gasteiger partial charge in [-0.2, -0.15) is 0 Å². The summed E-state index contributed by atoms with van der Waals surface area (Å²) in [6.45, 7) is 2.00. The number of methoxy groups -OCH3 is 2. The fourth-order valence-electron chi connectivity index (χ4n) is 2.38. The molecule has 1 aliphatic heterocycles. The topological polar surface area (TPSA) is 106 Å². The number of hydrogen-bond donors (Lipinski definition) is 3. The third kappa shape index (κ3) is 3.77. The van der Waals surface area contributed by atoms with E-state index in [-0.39, 0.29) is 30.3 Å². The number of amides is 2. The second-order valence-corrected chi connectivity index (χ2v) is 5.13. The highest BCUT2D eigenvalue weighted by Crippen LogP contribution is 2.33. The number of carbonyl (C=O) groups is 2. The zero-order valence-electron chi connectivity index (χ0n) is 13.7. The van der Waals surface area contributed by atoms with Crippen molar-refractivity contribution in [3.05, 3.63) is 35.0 Å². The summed E-state index contributed by atoms with van der Waals surface area (Å²) < 4.78 is 15.1. The molecule has 0 saturated heterocycles. The summed E-state index contributed by atoms with van der Waals surface area (Å²) in [5.41, 5.74) is 1.26. The average Bonchev–Trinajstić information content (AvgIpc) is 2.54. The number of aromatic hydroxyl groups is 1. The van der Waals surface area contributed by atoms with E-state index in [1.807, 2.05) is 0 Å². The van der Waals surface area contributed by atoms with Crippen molar-refractivity contribution in [1.82, 2.24) is 10.6 Å². The average molecular weight is 336 g/mol. The van der Waals surface area contributed by atoms with E-state index in [4.69, 9.17) is 14.2 Å². The number of allylic oxidation sites excluding steroid dienone is 1. The molecule has 0 radical (unpaired) electrons. The summed E-state index contributed by atoms with van der Waals surface area (Å²) in [5, 5.41) is 14.9. The number of phenolic OH excluding ortho intramolecular Hbond substituents is 1. The van der Waals surface area contributed by atoms with Crippen molar-refractivity contribution in [3.63, 3.8) is 0 Å². The minimum absolute atomic E-state index is 0.0357. The molecule has 0 spiro atoms. The molecule has 3 N–H and O–H groups in total. The molecular formula is C16H20N2O6. The van der Waals surface area contributed by atoms with Gasteiger partial charge in [-0.25, -0.2) is 9.59 Å². The normalized spacial score (nSPS) is 17.1. The molecule has 2 amide bonds. The molecule has 0 unspecified atom stereocenters. The van der Waals surface area contributed by atoms with E-state index in [0.717, 1.165) is 0 Å². The Morgan fingerprint density at radius 1 is 1.29 bits per heavy atom. The lowest BCUT2D eigenvalue weighted by molar-refractivity contribution is -0.140. The first-order valence-corrected chi connectivity index (χ1v) is 7.29. The molecule has 1 aliphatic rings. The highest BCUT2D eigenvalue weighted by molar-refractivity contribution is 5.95. The Morgan fingerprint density at radius 3 is 2.71 bits per heavy atom. The predicted octanol–water partition coefficient (Wildman–Crippen LogP) is 1.22. The standard InChI is InChI=1S/C16H20N2O6/c1-9-13(15(20)24-7-6-22-2)14(18-16(21)17-9)10-4-5-11(19)12(8-10)23-3/h4-5,8,14,19H,6-7H2,1-3H3,(H2,17,18,21)/t14-/m1/s1. The van der Waals surface area contributed by atoms with Gasteiger partial charge in [0.1, 0.15) is 6.61 Å². The van der Waals surface area contributed by atoms with Crippen LogP contribution in [0.1, 0.15) is 18.5 Å². The van der Waals surface area contributed by atoms with E-state index >= 15 is 0 Å². The van der Waals surface area contributed by atoms with Gasteiger partial charge in [-0.1, -0.05) is 6.07 Å². The van der Waals surface area contributed by atoms with E-state index in [0.29, 0.717) is 11.3 Å². The van der Waals surface area contributed by atoms with Gasteiger partial charge in [0.25, 0.3) is 0 Å². The van der Waals surface area contributed by atoms with Gasteiger partial charge in [-0.15, -0.1) is 0 Å². The number of urea groups is 1. The van der Waals surface area contributed by atoms with Crippen LogP contribution in [-0.2, 0) is 14.3 Å². The van der Waals surface area contributed by atoms with Crippen LogP contribution in [0.5, 0.6) is 11.5 Å². The van der Waals surface area contributed by atoms with Gasteiger partial charge < -0.3 is 30.0 Å². The number of ether oxygens (including phenoxy) is 3. The molecule has 8 nitrogen and oxygen atoms in total. The highest BCUT2D eigenvalue weighted by atomic mass is 16.6. The quantitative estimate of drug-likeness (QED) is 0.533. The first-order valence-electron chi connectivity index (χ1n) is 7.29. The summed E-state index contributed by atoms with van der Waals surface area (Å²) in [5.74, 6) is -0.356. The lowest BCUT2D eigenvalue weighted by atomic mass is 9.95. The SMILES string of the molecule is COCCOC(=O)C1=C(C)NC(=O)N[C@@H]1c1ccc(O)c(OC)c1. The maximum atomic E-state index is 12.4. The maximum Gasteiger partial charge on any atom is 0.338 e. The smallest absolute Gasteiger partial charge is 0.338 e. The van der Waals surface area contributed by atoms with Crippen molar-refractivity contribution < 1.29 is 28.9 Å². The second kappa shape index (κ2) is 7.69. The Hall–Kier alpha value is -2.74. The number of rotatable bonds is 6. The molecule has 1 aromatic carbocycles. The monoisotopic (exact) mass is 336 g/mol. The Labute approximate surface area is 139 Å². The number of esters is 1. The van der Waals surface area contributed by atoms with Crippen LogP contribution in [0.15, 0.2) is 29.5 Å². The molecule has 0 bridgehead atoms. The van der Waals surface area contributed by atoms with E-state index in [1.165, 1.54) is 20.3 Å². The number of benzene rings is 1. The summed E-state index contributed by atoms with van der Waals surface area (Å²) in [6, 6.07) is 3.44. The van der Waals surface area contributed by atoms with Gasteiger partial charge in [0.15, 0.2) is 11.5 Å². The first kappa shape index (κ1) is 17.6. The summed E-state index contributed by atoms with van der Waals surface area (Å²) >= 11 is 0. The molecule has 2 rings (SSSR count). The predicted molar refractivity (Wildman–Crippen MR) is 84.6 cm³/mol. The molecule has 24 heavy (non-hydrogen) atoms. The van der Waals surface area contributed by atoms with Crippen LogP contribution in [0.3, 0.4) is 0 Å². The van der Waals surface area contributed by atoms with E-state index < -0.39 is 18.0 Å². The van der Waals surface area contributed by atoms with Gasteiger partial charge in [0.05, 0.1) is 25.3 Å². The van der Waals surface area contributed by atoms with Gasteiger partial charge in [-0.3, -0.25) is 0 Å². The van der Waals surface area contributed by atoms with Crippen LogP contribution >= 0.6 is 0 Å². The zero-order chi connectivity index (χ0) is 17.7. The summed E-state index contributed by atoms with van der Waals surface area (Å²) in [6.07, 6.45) is 0. The first-order chi connectivity index (χ1) is 11.5. The molecule has 0 fully saturated rings. The number of carbonyl (C=O) groups excluding carboxylic acids is 2. The fourth-order valence-corrected chi connectivity index (χ4v) is 2.38. The van der Waals surface area contributed by atoms with Crippen molar-refractivity contribution >= 4 is 12.0 Å². The van der Waals surface area contributed by atoms with Crippen molar-refractivity contribution in [1.29, 1.82) is 0 Å². The van der Waals surface area contributed by atoms with Crippen molar-refractivity contribution in [2.45, 2.75) is 13.0 Å². The second-order valence-electron chi connectivity index (χ2n) is 5.13. The van der Waals surface area contributed by atoms with Crippen LogP contribution in [0.4, 0.5) is 4.79 Å². The van der Waals surface area contributed by atoms with Gasteiger partial charge in [0, 0.05) is 12.8 Å². The minimum atomic E-state index is -0.719. The largest absolute Gasteiger partial charge is 0.504 e. The highest BCUT2D eigenvalue weighted by Gasteiger charge is 2.32. The van der Waals surface area contributed by atoms with Crippen LogP contribution in [0.25, 0.3) is 0 Å². The Kier molecular flexibility index (Phi) is 5.64. The van der Waals surface area contributed by atoms with Crippen LogP contribution in [0.2, 0.25) is 0 Å². The van der Waals surface area contributed by atoms with Crippen LogP contribution in [0, 0.1) is 0 Å². The Balaban J connectivity index is 2.36. The molecule has 0 aromatic heterocycles. The van der Waals surface area contributed by atoms with E-state index in [1.54, 1.807) is 19.1 Å². The fraction of sp³-hybridized carbons (Fsp3) is 0.375. The Morgan fingerprint density at radius 2 is 2.04 bits per heavy atom. The number of phenols is 1. The molecule has 0 saturated carbocycles. The molecule has 8 heteroatoms. The van der Waals surface area contributed by atoms with Crippen molar-refractivity contribution in [3.8, 4) is 11.5 Å². The molecule has 1 aromatic rings. The molecule has 1 heterocycles. The van der Waals surface area contributed by atoms with Crippen LogP contribution < -0.4 is 15.4 Å². The number of nitrogens with one attached hydrogen (secondary N) is 2. The number of hydrogen-bond acceptors (Lipinski definition) is 6. The van der Waals surface area contributed by atoms with Gasteiger partial charge >= 0.3 is 12.0 Å². The van der Waals surface area contributed by atoms with Crippen molar-refractivity contribution in [2.75, 3.05) is 27.4 Å².